The Hall–Kier alpha value is -3.36. The van der Waals surface area contributed by atoms with Gasteiger partial charge in [-0.3, -0.25) is 25.2 Å². The molecule has 2 aromatic carbocycles. The molecular weight excluding hydrogens is 339 g/mol. The summed E-state index contributed by atoms with van der Waals surface area (Å²) in [6.45, 7) is -0.590. The van der Waals surface area contributed by atoms with E-state index in [1.807, 2.05) is 10.9 Å². The van der Waals surface area contributed by atoms with Crippen LogP contribution in [0.25, 0.3) is 0 Å². The van der Waals surface area contributed by atoms with Crippen molar-refractivity contribution in [2.75, 3.05) is 6.54 Å². The van der Waals surface area contributed by atoms with Gasteiger partial charge in [0.25, 0.3) is 17.7 Å². The van der Waals surface area contributed by atoms with E-state index in [0.717, 1.165) is 18.2 Å². The van der Waals surface area contributed by atoms with Crippen LogP contribution in [0.2, 0.25) is 0 Å². The van der Waals surface area contributed by atoms with Gasteiger partial charge in [0, 0.05) is 6.07 Å². The predicted octanol–water partition coefficient (Wildman–Crippen LogP) is 1.29. The van der Waals surface area contributed by atoms with Crippen LogP contribution in [0, 0.1) is 17.5 Å². The molecule has 6 nitrogen and oxygen atoms in total. The van der Waals surface area contributed by atoms with Gasteiger partial charge < -0.3 is 5.32 Å². The summed E-state index contributed by atoms with van der Waals surface area (Å²) in [7, 11) is 0. The Balaban J connectivity index is 1.83. The largest absolute Gasteiger partial charge is 0.343 e. The second kappa shape index (κ2) is 7.95. The number of hydrazine groups is 1. The maximum Gasteiger partial charge on any atom is 0.272 e. The molecule has 25 heavy (non-hydrogen) atoms. The number of amides is 3. The van der Waals surface area contributed by atoms with E-state index in [4.69, 9.17) is 0 Å². The molecule has 0 spiro atoms. The number of rotatable bonds is 4. The molecule has 9 heteroatoms. The Labute approximate surface area is 140 Å². The second-order valence-corrected chi connectivity index (χ2v) is 4.79. The summed E-state index contributed by atoms with van der Waals surface area (Å²) < 4.78 is 39.6. The normalized spacial score (nSPS) is 10.0. The molecule has 2 rings (SSSR count). The fourth-order valence-corrected chi connectivity index (χ4v) is 1.81. The van der Waals surface area contributed by atoms with Crippen molar-refractivity contribution in [1.29, 1.82) is 0 Å². The topological polar surface area (TPSA) is 87.3 Å². The molecule has 0 saturated carbocycles. The molecule has 0 heterocycles. The van der Waals surface area contributed by atoms with Crippen LogP contribution in [0.1, 0.15) is 20.7 Å². The predicted molar refractivity (Wildman–Crippen MR) is 80.7 cm³/mol. The van der Waals surface area contributed by atoms with Crippen LogP contribution in [0.15, 0.2) is 42.5 Å². The minimum atomic E-state index is -1.08. The van der Waals surface area contributed by atoms with Crippen LogP contribution in [0.5, 0.6) is 0 Å². The smallest absolute Gasteiger partial charge is 0.272 e. The SMILES string of the molecule is O=C(CNC(=O)c1ccc(F)cc1F)NNC(=O)c1ccccc1F. The highest BCUT2D eigenvalue weighted by Crippen LogP contribution is 2.09. The van der Waals surface area contributed by atoms with Crippen molar-refractivity contribution in [2.45, 2.75) is 0 Å². The first-order chi connectivity index (χ1) is 11.9. The van der Waals surface area contributed by atoms with E-state index >= 15 is 0 Å². The summed E-state index contributed by atoms with van der Waals surface area (Å²) in [6, 6.07) is 7.49. The fraction of sp³-hybridized carbons (Fsp3) is 0.0625. The van der Waals surface area contributed by atoms with E-state index < -0.39 is 47.3 Å². The van der Waals surface area contributed by atoms with Crippen molar-refractivity contribution in [3.63, 3.8) is 0 Å². The van der Waals surface area contributed by atoms with Crippen molar-refractivity contribution in [3.05, 3.63) is 71.0 Å². The molecule has 0 unspecified atom stereocenters. The molecule has 3 N–H and O–H groups in total. The van der Waals surface area contributed by atoms with Crippen LogP contribution in [-0.4, -0.2) is 24.3 Å². The van der Waals surface area contributed by atoms with Crippen molar-refractivity contribution < 1.29 is 27.6 Å². The Bertz CT molecular complexity index is 827. The number of carbonyl (C=O) groups excluding carboxylic acids is 3. The number of benzene rings is 2. The molecule has 0 saturated heterocycles. The first-order valence-electron chi connectivity index (χ1n) is 6.95. The van der Waals surface area contributed by atoms with Gasteiger partial charge in [-0.1, -0.05) is 12.1 Å². The van der Waals surface area contributed by atoms with Crippen LogP contribution in [-0.2, 0) is 4.79 Å². The zero-order valence-electron chi connectivity index (χ0n) is 12.6. The number of carbonyl (C=O) groups is 3. The zero-order chi connectivity index (χ0) is 18.4. The summed E-state index contributed by atoms with van der Waals surface area (Å²) in [6.07, 6.45) is 0. The highest BCUT2D eigenvalue weighted by atomic mass is 19.1. The molecule has 0 aromatic heterocycles. The number of hydrogen-bond donors (Lipinski definition) is 3. The van der Waals surface area contributed by atoms with E-state index in [1.165, 1.54) is 18.2 Å². The average Bonchev–Trinajstić information content (AvgIpc) is 2.58. The van der Waals surface area contributed by atoms with Gasteiger partial charge in [-0.05, 0) is 24.3 Å². The second-order valence-electron chi connectivity index (χ2n) is 4.79. The number of nitrogens with one attached hydrogen (secondary N) is 3. The van der Waals surface area contributed by atoms with E-state index in [-0.39, 0.29) is 5.56 Å². The van der Waals surface area contributed by atoms with Gasteiger partial charge in [-0.2, -0.15) is 0 Å². The summed E-state index contributed by atoms with van der Waals surface area (Å²) in [5, 5.41) is 2.10. The molecule has 0 atom stereocenters. The van der Waals surface area contributed by atoms with Crippen LogP contribution in [0.3, 0.4) is 0 Å². The lowest BCUT2D eigenvalue weighted by Crippen LogP contribution is -2.46. The molecule has 0 aliphatic rings. The lowest BCUT2D eigenvalue weighted by atomic mass is 10.2. The Morgan fingerprint density at radius 1 is 0.800 bits per heavy atom. The van der Waals surface area contributed by atoms with Gasteiger partial charge in [-0.25, -0.2) is 13.2 Å². The van der Waals surface area contributed by atoms with E-state index in [2.05, 4.69) is 5.32 Å². The van der Waals surface area contributed by atoms with Crippen LogP contribution in [0.4, 0.5) is 13.2 Å². The average molecular weight is 351 g/mol. The highest BCUT2D eigenvalue weighted by molar-refractivity contribution is 5.98. The maximum atomic E-state index is 13.4. The van der Waals surface area contributed by atoms with Gasteiger partial charge in [0.05, 0.1) is 17.7 Å². The number of hydrogen-bond acceptors (Lipinski definition) is 3. The van der Waals surface area contributed by atoms with Crippen molar-refractivity contribution in [1.82, 2.24) is 16.2 Å². The zero-order valence-corrected chi connectivity index (χ0v) is 12.6. The van der Waals surface area contributed by atoms with Crippen molar-refractivity contribution in [2.24, 2.45) is 0 Å². The fourth-order valence-electron chi connectivity index (χ4n) is 1.81. The van der Waals surface area contributed by atoms with Gasteiger partial charge in [-0.15, -0.1) is 0 Å². The third kappa shape index (κ3) is 4.80. The first kappa shape index (κ1) is 18.0. The summed E-state index contributed by atoms with van der Waals surface area (Å²) in [5.41, 5.74) is 3.22. The molecule has 3 amide bonds. The van der Waals surface area contributed by atoms with E-state index in [1.54, 1.807) is 0 Å². The molecule has 0 bridgehead atoms. The third-order valence-electron chi connectivity index (χ3n) is 3.02. The van der Waals surface area contributed by atoms with Gasteiger partial charge >= 0.3 is 0 Å². The van der Waals surface area contributed by atoms with Gasteiger partial charge in [0.1, 0.15) is 17.5 Å². The minimum absolute atomic E-state index is 0.278. The molecule has 0 radical (unpaired) electrons. The summed E-state index contributed by atoms with van der Waals surface area (Å²) >= 11 is 0. The van der Waals surface area contributed by atoms with Crippen LogP contribution >= 0.6 is 0 Å². The Kier molecular flexibility index (Phi) is 5.72. The third-order valence-corrected chi connectivity index (χ3v) is 3.02. The number of halogens is 3. The van der Waals surface area contributed by atoms with Gasteiger partial charge in [0.2, 0.25) is 0 Å². The van der Waals surface area contributed by atoms with E-state index in [0.29, 0.717) is 6.07 Å². The quantitative estimate of drug-likeness (QED) is 0.726. The molecule has 130 valence electrons. The molecular formula is C16H12F3N3O3. The summed E-state index contributed by atoms with van der Waals surface area (Å²) in [5.74, 6) is -5.35. The van der Waals surface area contributed by atoms with Crippen molar-refractivity contribution in [3.8, 4) is 0 Å². The first-order valence-corrected chi connectivity index (χ1v) is 6.95. The maximum absolute atomic E-state index is 13.4. The highest BCUT2D eigenvalue weighted by Gasteiger charge is 2.15. The molecule has 0 aliphatic carbocycles. The molecule has 0 aliphatic heterocycles. The van der Waals surface area contributed by atoms with E-state index in [9.17, 15) is 27.6 Å². The summed E-state index contributed by atoms with van der Waals surface area (Å²) in [4.78, 5) is 34.9. The van der Waals surface area contributed by atoms with Crippen molar-refractivity contribution >= 4 is 17.7 Å². The lowest BCUT2D eigenvalue weighted by molar-refractivity contribution is -0.120. The molecule has 2 aromatic rings. The molecule has 0 fully saturated rings. The lowest BCUT2D eigenvalue weighted by Gasteiger charge is -2.09. The monoisotopic (exact) mass is 351 g/mol. The minimum Gasteiger partial charge on any atom is -0.343 e. The Morgan fingerprint density at radius 3 is 2.16 bits per heavy atom. The van der Waals surface area contributed by atoms with Crippen LogP contribution < -0.4 is 16.2 Å². The standard InChI is InChI=1S/C16H12F3N3O3/c17-9-5-6-11(13(19)7-9)15(24)20-8-14(23)21-22-16(25)10-3-1-2-4-12(10)18/h1-7H,8H2,(H,20,24)(H,21,23)(H,22,25). The Morgan fingerprint density at radius 2 is 1.48 bits per heavy atom. The van der Waals surface area contributed by atoms with Gasteiger partial charge in [0.15, 0.2) is 0 Å².